The number of benzene rings is 1. The van der Waals surface area contributed by atoms with Crippen molar-refractivity contribution in [3.8, 4) is 5.88 Å². The van der Waals surface area contributed by atoms with E-state index < -0.39 is 5.60 Å². The summed E-state index contributed by atoms with van der Waals surface area (Å²) in [5, 5.41) is 21.2. The predicted octanol–water partition coefficient (Wildman–Crippen LogP) is 3.56. The fourth-order valence-corrected chi connectivity index (χ4v) is 5.28. The molecule has 5 rings (SSSR count). The van der Waals surface area contributed by atoms with Gasteiger partial charge in [0.1, 0.15) is 5.56 Å². The van der Waals surface area contributed by atoms with Crippen molar-refractivity contribution in [3.63, 3.8) is 0 Å². The van der Waals surface area contributed by atoms with Gasteiger partial charge in [0.05, 0.1) is 29.5 Å². The molecule has 1 N–H and O–H groups in total. The molecule has 1 aromatic carbocycles. The highest BCUT2D eigenvalue weighted by Crippen LogP contribution is 2.41. The van der Waals surface area contributed by atoms with Crippen molar-refractivity contribution in [3.05, 3.63) is 75.3 Å². The minimum absolute atomic E-state index is 0.182. The van der Waals surface area contributed by atoms with Crippen LogP contribution >= 0.6 is 11.6 Å². The maximum Gasteiger partial charge on any atom is 0.260 e. The number of fused-ring (bicyclic) bond motifs is 1. The van der Waals surface area contributed by atoms with Crippen molar-refractivity contribution in [2.75, 3.05) is 20.2 Å². The quantitative estimate of drug-likeness (QED) is 0.441. The number of aryl methyl sites for hydroxylation is 3. The molecule has 0 radical (unpaired) electrons. The lowest BCUT2D eigenvalue weighted by Gasteiger charge is -2.30. The van der Waals surface area contributed by atoms with Gasteiger partial charge in [-0.05, 0) is 50.5 Å². The maximum atomic E-state index is 13.3. The minimum Gasteiger partial charge on any atom is -0.480 e. The first kappa shape index (κ1) is 24.1. The highest BCUT2D eigenvalue weighted by Gasteiger charge is 2.39. The van der Waals surface area contributed by atoms with E-state index in [1.54, 1.807) is 30.1 Å². The molecule has 0 saturated carbocycles. The Balaban J connectivity index is 1.75. The van der Waals surface area contributed by atoms with Crippen molar-refractivity contribution in [2.24, 2.45) is 7.05 Å². The van der Waals surface area contributed by atoms with Gasteiger partial charge in [-0.1, -0.05) is 28.9 Å². The van der Waals surface area contributed by atoms with E-state index in [0.717, 1.165) is 18.5 Å². The third kappa shape index (κ3) is 3.79. The number of aromatic nitrogens is 5. The Morgan fingerprint density at radius 3 is 2.53 bits per heavy atom. The number of halogens is 1. The third-order valence-corrected chi connectivity index (χ3v) is 7.20. The molecule has 1 fully saturated rings. The zero-order valence-corrected chi connectivity index (χ0v) is 21.4. The Kier molecular flexibility index (Phi) is 6.13. The lowest BCUT2D eigenvalue weighted by atomic mass is 9.82. The van der Waals surface area contributed by atoms with Crippen LogP contribution in [-0.4, -0.2) is 61.1 Å². The largest absolute Gasteiger partial charge is 0.480 e. The van der Waals surface area contributed by atoms with Gasteiger partial charge in [-0.2, -0.15) is 0 Å². The second-order valence-corrected chi connectivity index (χ2v) is 9.46. The lowest BCUT2D eigenvalue weighted by molar-refractivity contribution is 0.0789. The SMILES string of the molecule is COc1nc2ccc([C@@](O)(c3ccc(C)nc3C)c3cnnn3C)cc2c(Cl)c1C(=O)N1CCCC1. The molecule has 0 unspecified atom stereocenters. The van der Waals surface area contributed by atoms with Crippen LogP contribution in [0.5, 0.6) is 5.88 Å². The number of amides is 1. The van der Waals surface area contributed by atoms with Crippen LogP contribution in [0.25, 0.3) is 10.9 Å². The molecule has 1 aliphatic heterocycles. The lowest BCUT2D eigenvalue weighted by Crippen LogP contribution is -2.32. The van der Waals surface area contributed by atoms with Gasteiger partial charge in [0.15, 0.2) is 5.60 Å². The van der Waals surface area contributed by atoms with Crippen molar-refractivity contribution in [1.29, 1.82) is 0 Å². The smallest absolute Gasteiger partial charge is 0.260 e. The number of nitrogens with zero attached hydrogens (tertiary/aromatic N) is 6. The molecule has 3 aromatic heterocycles. The molecule has 4 heterocycles. The summed E-state index contributed by atoms with van der Waals surface area (Å²) in [5.74, 6) is -0.0272. The highest BCUT2D eigenvalue weighted by atomic mass is 35.5. The molecule has 1 atom stereocenters. The third-order valence-electron chi connectivity index (χ3n) is 6.81. The van der Waals surface area contributed by atoms with E-state index in [1.807, 2.05) is 26.0 Å². The van der Waals surface area contributed by atoms with E-state index in [0.29, 0.717) is 46.5 Å². The van der Waals surface area contributed by atoms with Crippen molar-refractivity contribution in [2.45, 2.75) is 32.3 Å². The van der Waals surface area contributed by atoms with E-state index in [1.165, 1.54) is 18.0 Å². The molecule has 186 valence electrons. The van der Waals surface area contributed by atoms with Gasteiger partial charge in [0.2, 0.25) is 5.88 Å². The number of aliphatic hydroxyl groups is 1. The van der Waals surface area contributed by atoms with Gasteiger partial charge in [-0.15, -0.1) is 5.10 Å². The molecule has 9 nitrogen and oxygen atoms in total. The number of carbonyl (C=O) groups is 1. The summed E-state index contributed by atoms with van der Waals surface area (Å²) in [5.41, 5.74) is 2.20. The summed E-state index contributed by atoms with van der Waals surface area (Å²) in [6, 6.07) is 9.00. The molecule has 36 heavy (non-hydrogen) atoms. The topological polar surface area (TPSA) is 106 Å². The number of carbonyl (C=O) groups excluding carboxylic acids is 1. The second-order valence-electron chi connectivity index (χ2n) is 9.08. The zero-order chi connectivity index (χ0) is 25.6. The van der Waals surface area contributed by atoms with Crippen LogP contribution in [0.4, 0.5) is 0 Å². The van der Waals surface area contributed by atoms with E-state index in [9.17, 15) is 9.90 Å². The van der Waals surface area contributed by atoms with E-state index >= 15 is 0 Å². The van der Waals surface area contributed by atoms with Crippen molar-refractivity contribution in [1.82, 2.24) is 29.9 Å². The minimum atomic E-state index is -1.64. The predicted molar refractivity (Wildman–Crippen MR) is 135 cm³/mol. The van der Waals surface area contributed by atoms with Crippen molar-refractivity contribution >= 4 is 28.4 Å². The van der Waals surface area contributed by atoms with Crippen LogP contribution in [0.3, 0.4) is 0 Å². The second kappa shape index (κ2) is 9.15. The summed E-state index contributed by atoms with van der Waals surface area (Å²) in [6.45, 7) is 5.09. The average Bonchev–Trinajstić information content (AvgIpc) is 3.55. The fraction of sp³-hybridized carbons (Fsp3) is 0.346. The van der Waals surface area contributed by atoms with Crippen LogP contribution in [0.15, 0.2) is 36.5 Å². The van der Waals surface area contributed by atoms with Crippen LogP contribution in [-0.2, 0) is 12.6 Å². The van der Waals surface area contributed by atoms with E-state index in [-0.39, 0.29) is 22.4 Å². The molecule has 0 bridgehead atoms. The van der Waals surface area contributed by atoms with Crippen LogP contribution in [0.2, 0.25) is 5.02 Å². The summed E-state index contributed by atoms with van der Waals surface area (Å²) in [6.07, 6.45) is 3.43. The normalized spacial score (nSPS) is 15.3. The first-order valence-electron chi connectivity index (χ1n) is 11.7. The number of ether oxygens (including phenoxy) is 1. The molecule has 0 spiro atoms. The van der Waals surface area contributed by atoms with E-state index in [4.69, 9.17) is 16.3 Å². The fourth-order valence-electron chi connectivity index (χ4n) is 4.97. The zero-order valence-electron chi connectivity index (χ0n) is 20.6. The first-order valence-corrected chi connectivity index (χ1v) is 12.1. The molecule has 10 heteroatoms. The Morgan fingerprint density at radius 2 is 1.89 bits per heavy atom. The van der Waals surface area contributed by atoms with Crippen LogP contribution in [0, 0.1) is 13.8 Å². The number of pyridine rings is 2. The van der Waals surface area contributed by atoms with Gasteiger partial charge < -0.3 is 14.7 Å². The van der Waals surface area contributed by atoms with Gasteiger partial charge in [0, 0.05) is 42.5 Å². The standard InChI is InChI=1S/C26H27ClN6O3/c1-15-7-9-19(16(2)29-15)26(35,21-14-28-31-32(21)3)17-8-10-20-18(13-17)23(27)22(24(30-20)36-4)25(34)33-11-5-6-12-33/h7-10,13-14,35H,5-6,11-12H2,1-4H3/t26-/m1/s1. The molecule has 1 aliphatic rings. The highest BCUT2D eigenvalue weighted by molar-refractivity contribution is 6.38. The molecular formula is C26H27ClN6O3. The summed E-state index contributed by atoms with van der Waals surface area (Å²) < 4.78 is 6.99. The van der Waals surface area contributed by atoms with Crippen LogP contribution < -0.4 is 4.74 Å². The maximum absolute atomic E-state index is 13.3. The number of methoxy groups -OCH3 is 1. The Labute approximate surface area is 213 Å². The van der Waals surface area contributed by atoms with Crippen molar-refractivity contribution < 1.29 is 14.6 Å². The van der Waals surface area contributed by atoms with Gasteiger partial charge in [-0.3, -0.25) is 9.78 Å². The average molecular weight is 507 g/mol. The molecular weight excluding hydrogens is 480 g/mol. The number of hydrogen-bond donors (Lipinski definition) is 1. The Hall–Kier alpha value is -3.56. The monoisotopic (exact) mass is 506 g/mol. The van der Waals surface area contributed by atoms with Crippen LogP contribution in [0.1, 0.15) is 51.4 Å². The Bertz CT molecular complexity index is 1480. The van der Waals surface area contributed by atoms with E-state index in [2.05, 4.69) is 20.3 Å². The molecule has 1 amide bonds. The molecule has 4 aromatic rings. The van der Waals surface area contributed by atoms with Gasteiger partial charge in [-0.25, -0.2) is 9.67 Å². The van der Waals surface area contributed by atoms with Gasteiger partial charge >= 0.3 is 0 Å². The molecule has 1 saturated heterocycles. The van der Waals surface area contributed by atoms with Gasteiger partial charge in [0.25, 0.3) is 5.91 Å². The number of hydrogen-bond acceptors (Lipinski definition) is 7. The first-order chi connectivity index (χ1) is 17.3. The summed E-state index contributed by atoms with van der Waals surface area (Å²) in [4.78, 5) is 24.3. The summed E-state index contributed by atoms with van der Waals surface area (Å²) in [7, 11) is 3.19. The number of rotatable bonds is 5. The Morgan fingerprint density at radius 1 is 1.14 bits per heavy atom. The number of likely N-dealkylation sites (tertiary alicyclic amines) is 1. The molecule has 0 aliphatic carbocycles. The summed E-state index contributed by atoms with van der Waals surface area (Å²) >= 11 is 6.88.